The minimum atomic E-state index is -0.197. The Balaban J connectivity index is 2.29. The Kier molecular flexibility index (Phi) is 4.33. The van der Waals surface area contributed by atoms with Crippen molar-refractivity contribution in [3.8, 4) is 0 Å². The quantitative estimate of drug-likeness (QED) is 0.887. The zero-order chi connectivity index (χ0) is 13.8. The molecule has 0 spiro atoms. The summed E-state index contributed by atoms with van der Waals surface area (Å²) in [6.07, 6.45) is 0.860. The third-order valence-corrected chi connectivity index (χ3v) is 3.70. The molecule has 0 heterocycles. The largest absolute Gasteiger partial charge is 0.330 e. The van der Waals surface area contributed by atoms with E-state index in [4.69, 9.17) is 5.73 Å². The van der Waals surface area contributed by atoms with Gasteiger partial charge in [0, 0.05) is 5.92 Å². The molecule has 1 nitrogen and oxygen atoms in total. The highest BCUT2D eigenvalue weighted by Crippen LogP contribution is 2.24. The lowest BCUT2D eigenvalue weighted by Crippen LogP contribution is -2.16. The number of hydrogen-bond acceptors (Lipinski definition) is 1. The van der Waals surface area contributed by atoms with Gasteiger partial charge in [-0.15, -0.1) is 0 Å². The van der Waals surface area contributed by atoms with E-state index >= 15 is 0 Å². The molecule has 1 unspecified atom stereocenters. The van der Waals surface area contributed by atoms with Gasteiger partial charge in [-0.2, -0.15) is 0 Å². The van der Waals surface area contributed by atoms with Gasteiger partial charge in [0.2, 0.25) is 0 Å². The fourth-order valence-electron chi connectivity index (χ4n) is 2.52. The Morgan fingerprint density at radius 1 is 1.05 bits per heavy atom. The van der Waals surface area contributed by atoms with Crippen LogP contribution >= 0.6 is 0 Å². The van der Waals surface area contributed by atoms with Crippen molar-refractivity contribution in [2.24, 2.45) is 5.73 Å². The predicted octanol–water partition coefficient (Wildman–Crippen LogP) is 3.73. The first-order valence-corrected chi connectivity index (χ1v) is 6.62. The summed E-state index contributed by atoms with van der Waals surface area (Å²) < 4.78 is 13.3. The molecule has 2 aromatic rings. The van der Waals surface area contributed by atoms with Crippen LogP contribution in [0.4, 0.5) is 4.39 Å². The van der Waals surface area contributed by atoms with Gasteiger partial charge in [-0.1, -0.05) is 30.3 Å². The van der Waals surface area contributed by atoms with E-state index in [2.05, 4.69) is 32.0 Å². The molecule has 100 valence electrons. The fourth-order valence-corrected chi connectivity index (χ4v) is 2.52. The lowest BCUT2D eigenvalue weighted by atomic mass is 9.88. The average molecular weight is 257 g/mol. The molecule has 1 atom stereocenters. The Morgan fingerprint density at radius 3 is 2.26 bits per heavy atom. The van der Waals surface area contributed by atoms with Crippen LogP contribution in [-0.2, 0) is 6.42 Å². The molecule has 2 rings (SSSR count). The number of halogens is 1. The average Bonchev–Trinajstić information content (AvgIpc) is 2.38. The van der Waals surface area contributed by atoms with Gasteiger partial charge in [0.1, 0.15) is 5.82 Å². The van der Waals surface area contributed by atoms with Gasteiger partial charge < -0.3 is 5.73 Å². The highest BCUT2D eigenvalue weighted by molar-refractivity contribution is 5.36. The molecule has 0 aliphatic rings. The summed E-state index contributed by atoms with van der Waals surface area (Å²) in [4.78, 5) is 0. The maximum atomic E-state index is 13.3. The highest BCUT2D eigenvalue weighted by atomic mass is 19.1. The molecule has 0 bridgehead atoms. The van der Waals surface area contributed by atoms with Gasteiger partial charge in [-0.25, -0.2) is 4.39 Å². The number of benzene rings is 2. The van der Waals surface area contributed by atoms with Crippen molar-refractivity contribution in [2.45, 2.75) is 26.2 Å². The first-order chi connectivity index (χ1) is 9.11. The summed E-state index contributed by atoms with van der Waals surface area (Å²) >= 11 is 0. The van der Waals surface area contributed by atoms with Crippen LogP contribution < -0.4 is 5.73 Å². The maximum Gasteiger partial charge on any atom is 0.123 e. The zero-order valence-corrected chi connectivity index (χ0v) is 11.5. The molecule has 0 fully saturated rings. The van der Waals surface area contributed by atoms with Gasteiger partial charge in [0.05, 0.1) is 0 Å². The van der Waals surface area contributed by atoms with E-state index in [0.29, 0.717) is 6.54 Å². The van der Waals surface area contributed by atoms with E-state index in [-0.39, 0.29) is 11.7 Å². The summed E-state index contributed by atoms with van der Waals surface area (Å²) in [5.74, 6) is -0.0343. The normalized spacial score (nSPS) is 12.4. The van der Waals surface area contributed by atoms with Crippen LogP contribution in [0.2, 0.25) is 0 Å². The van der Waals surface area contributed by atoms with E-state index in [1.165, 1.54) is 22.8 Å². The second kappa shape index (κ2) is 5.98. The number of aryl methyl sites for hydroxylation is 2. The van der Waals surface area contributed by atoms with Crippen molar-refractivity contribution in [1.82, 2.24) is 0 Å². The molecular weight excluding hydrogens is 237 g/mol. The molecule has 2 N–H and O–H groups in total. The minimum Gasteiger partial charge on any atom is -0.330 e. The van der Waals surface area contributed by atoms with Gasteiger partial charge in [0.25, 0.3) is 0 Å². The van der Waals surface area contributed by atoms with Crippen LogP contribution in [0.15, 0.2) is 42.5 Å². The van der Waals surface area contributed by atoms with E-state index in [1.807, 2.05) is 6.07 Å². The molecule has 0 saturated carbocycles. The third kappa shape index (κ3) is 3.21. The molecule has 0 aromatic heterocycles. The Labute approximate surface area is 114 Å². The van der Waals surface area contributed by atoms with Crippen LogP contribution in [0, 0.1) is 19.7 Å². The van der Waals surface area contributed by atoms with E-state index < -0.39 is 0 Å². The van der Waals surface area contributed by atoms with Crippen LogP contribution in [0.25, 0.3) is 0 Å². The zero-order valence-electron chi connectivity index (χ0n) is 11.5. The topological polar surface area (TPSA) is 26.0 Å². The summed E-state index contributed by atoms with van der Waals surface area (Å²) in [6.45, 7) is 4.75. The second-order valence-electron chi connectivity index (χ2n) is 5.06. The minimum absolute atomic E-state index is 0.162. The van der Waals surface area contributed by atoms with Crippen molar-refractivity contribution in [1.29, 1.82) is 0 Å². The molecular formula is C17H20FN. The van der Waals surface area contributed by atoms with E-state index in [1.54, 1.807) is 12.1 Å². The van der Waals surface area contributed by atoms with Crippen molar-refractivity contribution >= 4 is 0 Å². The van der Waals surface area contributed by atoms with E-state index in [9.17, 15) is 4.39 Å². The molecule has 19 heavy (non-hydrogen) atoms. The van der Waals surface area contributed by atoms with Crippen LogP contribution in [0.3, 0.4) is 0 Å². The lowest BCUT2D eigenvalue weighted by Gasteiger charge is -2.18. The van der Waals surface area contributed by atoms with Crippen LogP contribution in [0.5, 0.6) is 0 Å². The van der Waals surface area contributed by atoms with Gasteiger partial charge in [-0.3, -0.25) is 0 Å². The second-order valence-corrected chi connectivity index (χ2v) is 5.06. The van der Waals surface area contributed by atoms with Crippen molar-refractivity contribution in [3.05, 3.63) is 70.5 Å². The van der Waals surface area contributed by atoms with Gasteiger partial charge in [0.15, 0.2) is 0 Å². The number of hydrogen-bond donors (Lipinski definition) is 1. The molecule has 0 aliphatic carbocycles. The summed E-state index contributed by atoms with van der Waals surface area (Å²) in [5, 5.41) is 0. The smallest absolute Gasteiger partial charge is 0.123 e. The molecule has 0 aliphatic heterocycles. The number of rotatable bonds is 4. The van der Waals surface area contributed by atoms with Crippen molar-refractivity contribution in [3.63, 3.8) is 0 Å². The van der Waals surface area contributed by atoms with Gasteiger partial charge >= 0.3 is 0 Å². The van der Waals surface area contributed by atoms with Crippen LogP contribution in [0.1, 0.15) is 28.2 Å². The molecule has 0 saturated heterocycles. The Morgan fingerprint density at radius 2 is 1.68 bits per heavy atom. The van der Waals surface area contributed by atoms with E-state index in [0.717, 1.165) is 12.0 Å². The lowest BCUT2D eigenvalue weighted by molar-refractivity contribution is 0.616. The molecule has 2 heteroatoms. The standard InChI is InChI=1S/C17H20FN/c1-12-5-3-6-13(2)17(12)10-15(11-19)14-7-4-8-16(18)9-14/h3-9,15H,10-11,19H2,1-2H3. The molecule has 2 aromatic carbocycles. The van der Waals surface area contributed by atoms with Gasteiger partial charge in [-0.05, 0) is 61.2 Å². The summed E-state index contributed by atoms with van der Waals surface area (Å²) in [6, 6.07) is 13.0. The molecule has 0 amide bonds. The van der Waals surface area contributed by atoms with Crippen molar-refractivity contribution < 1.29 is 4.39 Å². The van der Waals surface area contributed by atoms with Crippen molar-refractivity contribution in [2.75, 3.05) is 6.54 Å². The summed E-state index contributed by atoms with van der Waals surface area (Å²) in [7, 11) is 0. The highest BCUT2D eigenvalue weighted by Gasteiger charge is 2.14. The van der Waals surface area contributed by atoms with Crippen LogP contribution in [-0.4, -0.2) is 6.54 Å². The fraction of sp³-hybridized carbons (Fsp3) is 0.294. The Hall–Kier alpha value is -1.67. The monoisotopic (exact) mass is 257 g/mol. The Bertz CT molecular complexity index is 543. The predicted molar refractivity (Wildman–Crippen MR) is 77.8 cm³/mol. The SMILES string of the molecule is Cc1cccc(C)c1CC(CN)c1cccc(F)c1. The molecule has 0 radical (unpaired) electrons. The summed E-state index contributed by atoms with van der Waals surface area (Å²) in [5.41, 5.74) is 10.7. The third-order valence-electron chi connectivity index (χ3n) is 3.70. The number of nitrogens with two attached hydrogens (primary N) is 1. The first-order valence-electron chi connectivity index (χ1n) is 6.62. The first kappa shape index (κ1) is 13.8. The maximum absolute atomic E-state index is 13.3.